The SMILES string of the molecule is CCCCCCCCCCCC(=O)[O-].CCCCCCCCCCCC(=O)[O-].[Be+2]. The van der Waals surface area contributed by atoms with Crippen molar-refractivity contribution in [2.24, 2.45) is 0 Å². The van der Waals surface area contributed by atoms with Gasteiger partial charge in [0.2, 0.25) is 0 Å². The van der Waals surface area contributed by atoms with Crippen LogP contribution in [0, 0.1) is 0 Å². The molecule has 0 aliphatic carbocycles. The minimum absolute atomic E-state index is 0. The Bertz CT molecular complexity index is 303. The number of carbonyl (C=O) groups excluding carboxylic acids is 2. The van der Waals surface area contributed by atoms with Gasteiger partial charge in [-0.15, -0.1) is 0 Å². The van der Waals surface area contributed by atoms with Gasteiger partial charge in [0.1, 0.15) is 0 Å². The molecule has 0 aromatic carbocycles. The van der Waals surface area contributed by atoms with E-state index in [0.29, 0.717) is 0 Å². The molecule has 4 nitrogen and oxygen atoms in total. The van der Waals surface area contributed by atoms with Gasteiger partial charge in [-0.25, -0.2) is 0 Å². The molecule has 0 aromatic rings. The number of unbranched alkanes of at least 4 members (excludes halogenated alkanes) is 16. The molecule has 0 aromatic heterocycles. The molecule has 0 rings (SSSR count). The van der Waals surface area contributed by atoms with Gasteiger partial charge >= 0.3 is 10.1 Å². The maximum absolute atomic E-state index is 10.1. The van der Waals surface area contributed by atoms with Crippen molar-refractivity contribution in [2.45, 2.75) is 142 Å². The third-order valence-corrected chi connectivity index (χ3v) is 4.97. The maximum atomic E-state index is 10.1. The summed E-state index contributed by atoms with van der Waals surface area (Å²) in [5.74, 6) is -1.82. The van der Waals surface area contributed by atoms with Crippen LogP contribution in [0.5, 0.6) is 0 Å². The van der Waals surface area contributed by atoms with E-state index in [4.69, 9.17) is 0 Å². The summed E-state index contributed by atoms with van der Waals surface area (Å²) in [6.07, 6.45) is 22.3. The first-order chi connectivity index (χ1) is 13.5. The van der Waals surface area contributed by atoms with Crippen molar-refractivity contribution in [3.05, 3.63) is 0 Å². The van der Waals surface area contributed by atoms with Crippen molar-refractivity contribution < 1.29 is 19.8 Å². The van der Waals surface area contributed by atoms with Gasteiger partial charge < -0.3 is 19.8 Å². The van der Waals surface area contributed by atoms with Crippen LogP contribution in [-0.2, 0) is 9.59 Å². The summed E-state index contributed by atoms with van der Waals surface area (Å²) in [4.78, 5) is 20.2. The van der Waals surface area contributed by atoms with Gasteiger partial charge in [-0.1, -0.05) is 117 Å². The van der Waals surface area contributed by atoms with E-state index in [9.17, 15) is 19.8 Å². The fourth-order valence-electron chi connectivity index (χ4n) is 3.16. The third-order valence-electron chi connectivity index (χ3n) is 4.97. The fraction of sp³-hybridized carbons (Fsp3) is 0.917. The molecule has 0 radical (unpaired) electrons. The number of carbonyl (C=O) groups is 2. The topological polar surface area (TPSA) is 80.3 Å². The number of rotatable bonds is 20. The number of carboxylic acids is 2. The fourth-order valence-corrected chi connectivity index (χ4v) is 3.16. The Kier molecular flexibility index (Phi) is 33.1. The van der Waals surface area contributed by atoms with Gasteiger partial charge in [-0.2, -0.15) is 0 Å². The summed E-state index contributed by atoms with van der Waals surface area (Å²) in [5, 5.41) is 20.2. The van der Waals surface area contributed by atoms with E-state index in [2.05, 4.69) is 13.8 Å². The van der Waals surface area contributed by atoms with Gasteiger partial charge in [-0.3, -0.25) is 0 Å². The van der Waals surface area contributed by atoms with Gasteiger partial charge in [0.15, 0.2) is 0 Å². The van der Waals surface area contributed by atoms with Crippen LogP contribution in [0.2, 0.25) is 0 Å². The minimum Gasteiger partial charge on any atom is -0.550 e. The molecule has 29 heavy (non-hydrogen) atoms. The molecule has 0 atom stereocenters. The van der Waals surface area contributed by atoms with E-state index in [1.54, 1.807) is 0 Å². The Morgan fingerprint density at radius 1 is 0.448 bits per heavy atom. The second-order valence-corrected chi connectivity index (χ2v) is 7.90. The van der Waals surface area contributed by atoms with E-state index in [-0.39, 0.29) is 23.0 Å². The zero-order chi connectivity index (χ0) is 21.3. The number of hydrogen-bond donors (Lipinski definition) is 0. The van der Waals surface area contributed by atoms with E-state index in [1.165, 1.54) is 89.9 Å². The van der Waals surface area contributed by atoms with Gasteiger partial charge in [-0.05, 0) is 25.7 Å². The predicted molar refractivity (Wildman–Crippen MR) is 119 cm³/mol. The number of hydrogen-bond acceptors (Lipinski definition) is 4. The standard InChI is InChI=1S/2C12H24O2.Be/c2*1-2-3-4-5-6-7-8-9-10-11-12(13)14;/h2*2-11H2,1H3,(H,13,14);/q;;+2/p-2. The molecule has 5 heteroatoms. The Balaban J connectivity index is -0.000000451. The van der Waals surface area contributed by atoms with Crippen molar-refractivity contribution in [1.29, 1.82) is 0 Å². The Morgan fingerprint density at radius 3 is 0.862 bits per heavy atom. The maximum Gasteiger partial charge on any atom is 2.00 e. The number of carboxylic acid groups (broad SMARTS) is 2. The van der Waals surface area contributed by atoms with E-state index < -0.39 is 11.9 Å². The quantitative estimate of drug-likeness (QED) is 0.212. The van der Waals surface area contributed by atoms with Crippen LogP contribution in [0.4, 0.5) is 0 Å². The second kappa shape index (κ2) is 29.3. The molecular weight excluding hydrogens is 361 g/mol. The Morgan fingerprint density at radius 2 is 0.655 bits per heavy atom. The van der Waals surface area contributed by atoms with Gasteiger partial charge in [0.05, 0.1) is 0 Å². The monoisotopic (exact) mass is 407 g/mol. The van der Waals surface area contributed by atoms with Crippen LogP contribution >= 0.6 is 0 Å². The average molecular weight is 408 g/mol. The molecule has 0 heterocycles. The second-order valence-electron chi connectivity index (χ2n) is 7.90. The van der Waals surface area contributed by atoms with Crippen molar-refractivity contribution in [2.75, 3.05) is 0 Å². The molecule has 0 saturated carbocycles. The van der Waals surface area contributed by atoms with Crippen LogP contribution < -0.4 is 10.2 Å². The summed E-state index contributed by atoms with van der Waals surface area (Å²) in [7, 11) is 0. The van der Waals surface area contributed by atoms with Crippen molar-refractivity contribution in [3.63, 3.8) is 0 Å². The molecule has 0 aliphatic heterocycles. The van der Waals surface area contributed by atoms with Crippen LogP contribution in [0.25, 0.3) is 0 Å². The summed E-state index contributed by atoms with van der Waals surface area (Å²) in [5.41, 5.74) is 0. The largest absolute Gasteiger partial charge is 2.00 e. The van der Waals surface area contributed by atoms with Crippen molar-refractivity contribution >= 4 is 22.1 Å². The molecule has 168 valence electrons. The molecular formula is C24H46BeO4. The van der Waals surface area contributed by atoms with Crippen molar-refractivity contribution in [1.82, 2.24) is 0 Å². The molecule has 0 N–H and O–H groups in total. The van der Waals surface area contributed by atoms with E-state index in [0.717, 1.165) is 25.7 Å². The van der Waals surface area contributed by atoms with Crippen LogP contribution in [-0.4, -0.2) is 22.1 Å². The molecule has 0 spiro atoms. The number of aliphatic carboxylic acids is 2. The Labute approximate surface area is 184 Å². The Hall–Kier alpha value is -0.891. The molecule has 0 unspecified atom stereocenters. The molecule has 0 saturated heterocycles. The molecule has 0 aliphatic rings. The van der Waals surface area contributed by atoms with Crippen LogP contribution in [0.1, 0.15) is 142 Å². The van der Waals surface area contributed by atoms with Crippen LogP contribution in [0.15, 0.2) is 0 Å². The van der Waals surface area contributed by atoms with Crippen LogP contribution in [0.3, 0.4) is 0 Å². The molecule has 0 bridgehead atoms. The predicted octanol–water partition coefficient (Wildman–Crippen LogP) is 4.93. The smallest absolute Gasteiger partial charge is 0.550 e. The average Bonchev–Trinajstić information content (AvgIpc) is 2.65. The van der Waals surface area contributed by atoms with Gasteiger partial charge in [0, 0.05) is 11.9 Å². The van der Waals surface area contributed by atoms with Crippen molar-refractivity contribution in [3.8, 4) is 0 Å². The molecule has 0 amide bonds. The van der Waals surface area contributed by atoms with Gasteiger partial charge in [0.25, 0.3) is 0 Å². The third kappa shape index (κ3) is 38.4. The zero-order valence-electron chi connectivity index (χ0n) is 19.5. The van der Waals surface area contributed by atoms with E-state index in [1.807, 2.05) is 0 Å². The summed E-state index contributed by atoms with van der Waals surface area (Å²) in [6.45, 7) is 4.44. The molecule has 0 fully saturated rings. The summed E-state index contributed by atoms with van der Waals surface area (Å²) in [6, 6.07) is 0. The zero-order valence-corrected chi connectivity index (χ0v) is 19.5. The summed E-state index contributed by atoms with van der Waals surface area (Å²) >= 11 is 0. The summed E-state index contributed by atoms with van der Waals surface area (Å²) < 4.78 is 0. The first-order valence-corrected chi connectivity index (χ1v) is 11.9. The first kappa shape index (κ1) is 32.8. The van der Waals surface area contributed by atoms with E-state index >= 15 is 0 Å². The first-order valence-electron chi connectivity index (χ1n) is 11.9. The normalized spacial score (nSPS) is 10.0. The minimum atomic E-state index is -0.909.